The smallest absolute Gasteiger partial charge is 0.119 e. The van der Waals surface area contributed by atoms with Crippen LogP contribution < -0.4 is 16.0 Å². The molecule has 2 unspecified atom stereocenters. The van der Waals surface area contributed by atoms with Crippen molar-refractivity contribution in [1.82, 2.24) is 5.43 Å². The van der Waals surface area contributed by atoms with Crippen molar-refractivity contribution in [2.45, 2.75) is 50.4 Å². The molecular formula is C15H22N2O2. The normalized spacial score (nSPS) is 25.0. The summed E-state index contributed by atoms with van der Waals surface area (Å²) in [5.74, 6) is 6.65. The molecule has 1 aliphatic carbocycles. The molecule has 19 heavy (non-hydrogen) atoms. The fourth-order valence-electron chi connectivity index (χ4n) is 2.58. The van der Waals surface area contributed by atoms with Crippen molar-refractivity contribution >= 4 is 0 Å². The van der Waals surface area contributed by atoms with E-state index in [9.17, 15) is 0 Å². The number of benzene rings is 1. The average molecular weight is 262 g/mol. The minimum absolute atomic E-state index is 0.0651. The molecule has 0 bridgehead atoms. The molecule has 2 fully saturated rings. The summed E-state index contributed by atoms with van der Waals surface area (Å²) in [5.41, 5.74) is 4.06. The van der Waals surface area contributed by atoms with Crippen molar-refractivity contribution in [3.05, 3.63) is 29.8 Å². The standard InChI is InChI=1S/C15H22N2O2/c16-17-15(14-3-1-2-10-18-14)11-4-6-12(7-5-11)19-13-8-9-13/h4-7,13-15,17H,1-3,8-10,16H2. The van der Waals surface area contributed by atoms with Crippen LogP contribution in [0.15, 0.2) is 24.3 Å². The van der Waals surface area contributed by atoms with Gasteiger partial charge in [-0.1, -0.05) is 12.1 Å². The summed E-state index contributed by atoms with van der Waals surface area (Å²) in [6, 6.07) is 8.29. The highest BCUT2D eigenvalue weighted by Gasteiger charge is 2.26. The van der Waals surface area contributed by atoms with Crippen LogP contribution in [-0.4, -0.2) is 18.8 Å². The zero-order valence-corrected chi connectivity index (χ0v) is 11.2. The first-order valence-corrected chi connectivity index (χ1v) is 7.21. The largest absolute Gasteiger partial charge is 0.490 e. The Morgan fingerprint density at radius 3 is 2.53 bits per heavy atom. The summed E-state index contributed by atoms with van der Waals surface area (Å²) >= 11 is 0. The van der Waals surface area contributed by atoms with Gasteiger partial charge in [0.25, 0.3) is 0 Å². The zero-order valence-electron chi connectivity index (χ0n) is 11.2. The van der Waals surface area contributed by atoms with E-state index in [4.69, 9.17) is 15.3 Å². The van der Waals surface area contributed by atoms with Crippen LogP contribution in [0.25, 0.3) is 0 Å². The summed E-state index contributed by atoms with van der Waals surface area (Å²) in [4.78, 5) is 0. The summed E-state index contributed by atoms with van der Waals surface area (Å²) < 4.78 is 11.6. The van der Waals surface area contributed by atoms with Crippen LogP contribution in [0.5, 0.6) is 5.75 Å². The lowest BCUT2D eigenvalue weighted by atomic mass is 9.96. The Labute approximate surface area is 114 Å². The number of nitrogens with one attached hydrogen (secondary N) is 1. The molecule has 0 aromatic heterocycles. The molecule has 1 saturated carbocycles. The summed E-state index contributed by atoms with van der Waals surface area (Å²) in [6.07, 6.45) is 6.42. The van der Waals surface area contributed by atoms with Crippen molar-refractivity contribution in [1.29, 1.82) is 0 Å². The van der Waals surface area contributed by atoms with Gasteiger partial charge in [0.1, 0.15) is 5.75 Å². The van der Waals surface area contributed by atoms with E-state index in [1.54, 1.807) is 0 Å². The van der Waals surface area contributed by atoms with Gasteiger partial charge in [0.05, 0.1) is 18.2 Å². The van der Waals surface area contributed by atoms with Crippen molar-refractivity contribution in [3.63, 3.8) is 0 Å². The first-order chi connectivity index (χ1) is 9.36. The highest BCUT2D eigenvalue weighted by atomic mass is 16.5. The minimum Gasteiger partial charge on any atom is -0.490 e. The lowest BCUT2D eigenvalue weighted by Crippen LogP contribution is -2.39. The number of nitrogens with two attached hydrogens (primary N) is 1. The maximum atomic E-state index is 5.82. The van der Waals surface area contributed by atoms with Gasteiger partial charge in [-0.25, -0.2) is 0 Å². The topological polar surface area (TPSA) is 56.5 Å². The molecular weight excluding hydrogens is 240 g/mol. The molecule has 3 rings (SSSR count). The average Bonchev–Trinajstić information content (AvgIpc) is 3.27. The maximum absolute atomic E-state index is 5.82. The van der Waals surface area contributed by atoms with Crippen molar-refractivity contribution < 1.29 is 9.47 Å². The number of hydrogen-bond acceptors (Lipinski definition) is 4. The zero-order chi connectivity index (χ0) is 13.1. The molecule has 1 aromatic rings. The number of ether oxygens (including phenoxy) is 2. The van der Waals surface area contributed by atoms with Gasteiger partial charge in [0.2, 0.25) is 0 Å². The van der Waals surface area contributed by atoms with E-state index in [-0.39, 0.29) is 12.1 Å². The Hall–Kier alpha value is -1.10. The molecule has 1 aliphatic heterocycles. The van der Waals surface area contributed by atoms with Gasteiger partial charge < -0.3 is 9.47 Å². The Balaban J connectivity index is 1.67. The lowest BCUT2D eigenvalue weighted by Gasteiger charge is -2.30. The van der Waals surface area contributed by atoms with E-state index in [0.717, 1.165) is 30.8 Å². The Morgan fingerprint density at radius 2 is 1.95 bits per heavy atom. The van der Waals surface area contributed by atoms with Gasteiger partial charge in [-0.05, 0) is 49.8 Å². The van der Waals surface area contributed by atoms with Gasteiger partial charge in [0, 0.05) is 6.61 Å². The number of hydrogen-bond donors (Lipinski definition) is 2. The maximum Gasteiger partial charge on any atom is 0.119 e. The molecule has 104 valence electrons. The summed E-state index contributed by atoms with van der Waals surface area (Å²) in [6.45, 7) is 0.839. The third kappa shape index (κ3) is 3.26. The second kappa shape index (κ2) is 5.90. The summed E-state index contributed by atoms with van der Waals surface area (Å²) in [5, 5.41) is 0. The SMILES string of the molecule is NNC(c1ccc(OC2CC2)cc1)C1CCCCO1. The lowest BCUT2D eigenvalue weighted by molar-refractivity contribution is -0.00823. The highest BCUT2D eigenvalue weighted by molar-refractivity contribution is 5.30. The predicted molar refractivity (Wildman–Crippen MR) is 73.7 cm³/mol. The van der Waals surface area contributed by atoms with Crippen LogP contribution in [0.2, 0.25) is 0 Å². The van der Waals surface area contributed by atoms with E-state index in [0.29, 0.717) is 6.10 Å². The monoisotopic (exact) mass is 262 g/mol. The first kappa shape index (κ1) is 12.9. The van der Waals surface area contributed by atoms with Crippen LogP contribution >= 0.6 is 0 Å². The predicted octanol–water partition coefficient (Wildman–Crippen LogP) is 2.30. The second-order valence-electron chi connectivity index (χ2n) is 5.44. The quantitative estimate of drug-likeness (QED) is 0.631. The molecule has 3 N–H and O–H groups in total. The van der Waals surface area contributed by atoms with Crippen LogP contribution in [0, 0.1) is 0 Å². The van der Waals surface area contributed by atoms with Gasteiger partial charge in [-0.15, -0.1) is 0 Å². The van der Waals surface area contributed by atoms with Gasteiger partial charge in [-0.2, -0.15) is 0 Å². The van der Waals surface area contributed by atoms with Gasteiger partial charge >= 0.3 is 0 Å². The van der Waals surface area contributed by atoms with E-state index < -0.39 is 0 Å². The third-order valence-corrected chi connectivity index (χ3v) is 3.83. The number of hydrazine groups is 1. The molecule has 0 spiro atoms. The van der Waals surface area contributed by atoms with E-state index in [1.165, 1.54) is 19.3 Å². The van der Waals surface area contributed by atoms with Crippen LogP contribution in [-0.2, 0) is 4.74 Å². The van der Waals surface area contributed by atoms with Crippen LogP contribution in [0.4, 0.5) is 0 Å². The third-order valence-electron chi connectivity index (χ3n) is 3.83. The van der Waals surface area contributed by atoms with Crippen molar-refractivity contribution in [3.8, 4) is 5.75 Å². The molecule has 1 aromatic carbocycles. The molecule has 2 aliphatic rings. The molecule has 1 saturated heterocycles. The highest BCUT2D eigenvalue weighted by Crippen LogP contribution is 2.30. The van der Waals surface area contributed by atoms with Crippen LogP contribution in [0.3, 0.4) is 0 Å². The molecule has 0 amide bonds. The van der Waals surface area contributed by atoms with E-state index in [2.05, 4.69) is 17.6 Å². The fraction of sp³-hybridized carbons (Fsp3) is 0.600. The Kier molecular flexibility index (Phi) is 4.01. The molecule has 4 heteroatoms. The van der Waals surface area contributed by atoms with E-state index in [1.807, 2.05) is 12.1 Å². The van der Waals surface area contributed by atoms with Gasteiger partial charge in [-0.3, -0.25) is 11.3 Å². The molecule has 1 heterocycles. The Bertz CT molecular complexity index is 397. The van der Waals surface area contributed by atoms with E-state index >= 15 is 0 Å². The van der Waals surface area contributed by atoms with Crippen molar-refractivity contribution in [2.75, 3.05) is 6.61 Å². The number of rotatable bonds is 5. The van der Waals surface area contributed by atoms with Crippen molar-refractivity contribution in [2.24, 2.45) is 5.84 Å². The van der Waals surface area contributed by atoms with Crippen LogP contribution in [0.1, 0.15) is 43.7 Å². The summed E-state index contributed by atoms with van der Waals surface area (Å²) in [7, 11) is 0. The first-order valence-electron chi connectivity index (χ1n) is 7.21. The fourth-order valence-corrected chi connectivity index (χ4v) is 2.58. The second-order valence-corrected chi connectivity index (χ2v) is 5.44. The molecule has 4 nitrogen and oxygen atoms in total. The molecule has 2 atom stereocenters. The Morgan fingerprint density at radius 1 is 1.16 bits per heavy atom. The molecule has 0 radical (unpaired) electrons. The minimum atomic E-state index is 0.0651. The van der Waals surface area contributed by atoms with Gasteiger partial charge in [0.15, 0.2) is 0 Å².